The number of ether oxygens (including phenoxy) is 1. The van der Waals surface area contributed by atoms with Crippen molar-refractivity contribution in [2.45, 2.75) is 13.3 Å². The van der Waals surface area contributed by atoms with Gasteiger partial charge in [0.1, 0.15) is 5.69 Å². The van der Waals surface area contributed by atoms with E-state index in [0.29, 0.717) is 0 Å². The molecule has 0 amide bonds. The van der Waals surface area contributed by atoms with Gasteiger partial charge in [-0.25, -0.2) is 18.6 Å². The van der Waals surface area contributed by atoms with Crippen LogP contribution >= 0.6 is 11.6 Å². The molecule has 82 valence electrons. The summed E-state index contributed by atoms with van der Waals surface area (Å²) in [5.74, 6) is -0.875. The minimum Gasteiger partial charge on any atom is -0.465 e. The number of pyridine rings is 1. The average molecular weight is 236 g/mol. The first-order chi connectivity index (χ1) is 6.97. The SMILES string of the molecule is COC(=O)c1cc(Cl)c(C)nc1C(F)F. The standard InChI is InChI=1S/C9H8ClF2NO2/c1-4-6(10)3-5(9(14)15-2)7(13-4)8(11)12/h3,8H,1-2H3. The Labute approximate surface area is 90.0 Å². The number of carbonyl (C=O) groups is 1. The molecule has 0 saturated carbocycles. The summed E-state index contributed by atoms with van der Waals surface area (Å²) in [5, 5.41) is 0.153. The molecule has 1 aromatic rings. The van der Waals surface area contributed by atoms with Crippen LogP contribution in [0.4, 0.5) is 8.78 Å². The van der Waals surface area contributed by atoms with Crippen molar-refractivity contribution >= 4 is 17.6 Å². The maximum absolute atomic E-state index is 12.5. The van der Waals surface area contributed by atoms with Crippen molar-refractivity contribution in [1.82, 2.24) is 4.98 Å². The Morgan fingerprint density at radius 2 is 2.20 bits per heavy atom. The van der Waals surface area contributed by atoms with Crippen LogP contribution in [0.25, 0.3) is 0 Å². The fraction of sp³-hybridized carbons (Fsp3) is 0.333. The van der Waals surface area contributed by atoms with E-state index in [0.717, 1.165) is 13.2 Å². The molecule has 0 aliphatic carbocycles. The second-order valence-corrected chi connectivity index (χ2v) is 3.19. The van der Waals surface area contributed by atoms with E-state index in [2.05, 4.69) is 9.72 Å². The molecule has 0 N–H and O–H groups in total. The van der Waals surface area contributed by atoms with Crippen LogP contribution in [0.15, 0.2) is 6.07 Å². The van der Waals surface area contributed by atoms with E-state index >= 15 is 0 Å². The molecule has 1 heterocycles. The van der Waals surface area contributed by atoms with Crippen LogP contribution in [0.1, 0.15) is 28.2 Å². The molecule has 0 spiro atoms. The smallest absolute Gasteiger partial charge is 0.339 e. The van der Waals surface area contributed by atoms with Crippen molar-refractivity contribution in [1.29, 1.82) is 0 Å². The number of nitrogens with zero attached hydrogens (tertiary/aromatic N) is 1. The number of methoxy groups -OCH3 is 1. The van der Waals surface area contributed by atoms with Crippen LogP contribution < -0.4 is 0 Å². The number of halogens is 3. The molecule has 3 nitrogen and oxygen atoms in total. The second kappa shape index (κ2) is 4.53. The molecule has 0 bridgehead atoms. The Morgan fingerprint density at radius 3 is 2.67 bits per heavy atom. The summed E-state index contributed by atoms with van der Waals surface area (Å²) < 4.78 is 29.4. The van der Waals surface area contributed by atoms with Crippen LogP contribution in [0.2, 0.25) is 5.02 Å². The molecule has 1 rings (SSSR count). The van der Waals surface area contributed by atoms with Gasteiger partial charge in [0.2, 0.25) is 0 Å². The Kier molecular flexibility index (Phi) is 3.57. The van der Waals surface area contributed by atoms with Gasteiger partial charge in [0.05, 0.1) is 23.4 Å². The number of hydrogen-bond donors (Lipinski definition) is 0. The van der Waals surface area contributed by atoms with Crippen molar-refractivity contribution in [3.8, 4) is 0 Å². The fourth-order valence-corrected chi connectivity index (χ4v) is 1.19. The largest absolute Gasteiger partial charge is 0.465 e. The van der Waals surface area contributed by atoms with E-state index < -0.39 is 18.1 Å². The van der Waals surface area contributed by atoms with E-state index in [-0.39, 0.29) is 16.3 Å². The van der Waals surface area contributed by atoms with Crippen LogP contribution in [-0.2, 0) is 4.74 Å². The Balaban J connectivity index is 3.34. The summed E-state index contributed by atoms with van der Waals surface area (Å²) in [6.07, 6.45) is -2.84. The zero-order valence-corrected chi connectivity index (χ0v) is 8.81. The Bertz CT molecular complexity index is 396. The number of alkyl halides is 2. The van der Waals surface area contributed by atoms with Crippen LogP contribution in [0.3, 0.4) is 0 Å². The summed E-state index contributed by atoms with van der Waals surface area (Å²) >= 11 is 5.68. The van der Waals surface area contributed by atoms with Crippen molar-refractivity contribution in [3.63, 3.8) is 0 Å². The van der Waals surface area contributed by atoms with Gasteiger partial charge in [0.25, 0.3) is 6.43 Å². The maximum atomic E-state index is 12.5. The highest BCUT2D eigenvalue weighted by Gasteiger charge is 2.22. The number of aromatic nitrogens is 1. The van der Waals surface area contributed by atoms with E-state index in [1.54, 1.807) is 0 Å². The average Bonchev–Trinajstić information content (AvgIpc) is 2.20. The van der Waals surface area contributed by atoms with Gasteiger partial charge in [-0.1, -0.05) is 11.6 Å². The summed E-state index contributed by atoms with van der Waals surface area (Å²) in [7, 11) is 1.10. The third kappa shape index (κ3) is 2.41. The lowest BCUT2D eigenvalue weighted by molar-refractivity contribution is 0.0587. The van der Waals surface area contributed by atoms with Crippen molar-refractivity contribution < 1.29 is 18.3 Å². The molecule has 15 heavy (non-hydrogen) atoms. The van der Waals surface area contributed by atoms with Crippen molar-refractivity contribution in [3.05, 3.63) is 28.0 Å². The summed E-state index contributed by atoms with van der Waals surface area (Å²) in [6, 6.07) is 1.14. The maximum Gasteiger partial charge on any atom is 0.339 e. The summed E-state index contributed by atoms with van der Waals surface area (Å²) in [5.41, 5.74) is -0.661. The van der Waals surface area contributed by atoms with Crippen molar-refractivity contribution in [2.24, 2.45) is 0 Å². The Morgan fingerprint density at radius 1 is 1.60 bits per heavy atom. The first-order valence-corrected chi connectivity index (χ1v) is 4.38. The van der Waals surface area contributed by atoms with Crippen LogP contribution in [-0.4, -0.2) is 18.1 Å². The third-order valence-electron chi connectivity index (χ3n) is 1.79. The summed E-state index contributed by atoms with van der Waals surface area (Å²) in [6.45, 7) is 1.48. The lowest BCUT2D eigenvalue weighted by atomic mass is 10.2. The number of aryl methyl sites for hydroxylation is 1. The zero-order valence-electron chi connectivity index (χ0n) is 8.05. The third-order valence-corrected chi connectivity index (χ3v) is 2.18. The molecule has 0 atom stereocenters. The molecule has 6 heteroatoms. The van der Waals surface area contributed by atoms with Gasteiger partial charge in [-0.2, -0.15) is 0 Å². The first kappa shape index (κ1) is 11.8. The molecular weight excluding hydrogens is 228 g/mol. The topological polar surface area (TPSA) is 39.2 Å². The predicted octanol–water partition coefficient (Wildman–Crippen LogP) is 2.77. The lowest BCUT2D eigenvalue weighted by Crippen LogP contribution is -2.09. The summed E-state index contributed by atoms with van der Waals surface area (Å²) in [4.78, 5) is 14.7. The molecular formula is C9H8ClF2NO2. The van der Waals surface area contributed by atoms with E-state index in [9.17, 15) is 13.6 Å². The van der Waals surface area contributed by atoms with Gasteiger partial charge in [0, 0.05) is 0 Å². The van der Waals surface area contributed by atoms with Gasteiger partial charge >= 0.3 is 5.97 Å². The molecule has 0 fully saturated rings. The predicted molar refractivity (Wildman–Crippen MR) is 50.3 cm³/mol. The van der Waals surface area contributed by atoms with E-state index in [1.165, 1.54) is 6.92 Å². The molecule has 0 aliphatic rings. The number of esters is 1. The minimum atomic E-state index is -2.84. The number of carbonyl (C=O) groups excluding carboxylic acids is 1. The normalized spacial score (nSPS) is 10.5. The van der Waals surface area contributed by atoms with Gasteiger partial charge in [-0.15, -0.1) is 0 Å². The van der Waals surface area contributed by atoms with Gasteiger partial charge in [0.15, 0.2) is 0 Å². The molecule has 0 saturated heterocycles. The minimum absolute atomic E-state index is 0.153. The first-order valence-electron chi connectivity index (χ1n) is 4.01. The molecule has 0 aromatic carbocycles. The molecule has 0 aliphatic heterocycles. The lowest BCUT2D eigenvalue weighted by Gasteiger charge is -2.08. The Hall–Kier alpha value is -1.23. The van der Waals surface area contributed by atoms with Crippen molar-refractivity contribution in [2.75, 3.05) is 7.11 Å². The fourth-order valence-electron chi connectivity index (χ4n) is 1.04. The number of rotatable bonds is 2. The van der Waals surface area contributed by atoms with Gasteiger partial charge < -0.3 is 4.74 Å². The molecule has 0 unspecified atom stereocenters. The number of hydrogen-bond acceptors (Lipinski definition) is 3. The highest BCUT2D eigenvalue weighted by Crippen LogP contribution is 2.25. The monoisotopic (exact) mass is 235 g/mol. The quantitative estimate of drug-likeness (QED) is 0.740. The highest BCUT2D eigenvalue weighted by atomic mass is 35.5. The second-order valence-electron chi connectivity index (χ2n) is 2.78. The van der Waals surface area contributed by atoms with Crippen LogP contribution in [0, 0.1) is 6.92 Å². The van der Waals surface area contributed by atoms with Gasteiger partial charge in [-0.05, 0) is 13.0 Å². The molecule has 0 radical (unpaired) electrons. The van der Waals surface area contributed by atoms with E-state index in [1.807, 2.05) is 0 Å². The zero-order chi connectivity index (χ0) is 11.6. The van der Waals surface area contributed by atoms with E-state index in [4.69, 9.17) is 11.6 Å². The highest BCUT2D eigenvalue weighted by molar-refractivity contribution is 6.31. The van der Waals surface area contributed by atoms with Gasteiger partial charge in [-0.3, -0.25) is 0 Å². The van der Waals surface area contributed by atoms with Crippen LogP contribution in [0.5, 0.6) is 0 Å². The molecule has 1 aromatic heterocycles.